The SMILES string of the molecule is CCc1ccc2oc(-c3ccc(Cl)c(NC(=S)NC(=O)CC45CC6CC(CC(C6)C4)C5)c3)nc2c1. The highest BCUT2D eigenvalue weighted by molar-refractivity contribution is 7.80. The summed E-state index contributed by atoms with van der Waals surface area (Å²) in [6.07, 6.45) is 9.22. The highest BCUT2D eigenvalue weighted by Crippen LogP contribution is 2.61. The Morgan fingerprint density at radius 1 is 1.11 bits per heavy atom. The quantitative estimate of drug-likeness (QED) is 0.359. The van der Waals surface area contributed by atoms with Crippen LogP contribution in [0.25, 0.3) is 22.6 Å². The Bertz CT molecular complexity index is 1280. The average Bonchev–Trinajstić information content (AvgIpc) is 3.22. The van der Waals surface area contributed by atoms with E-state index in [2.05, 4.69) is 28.6 Å². The van der Waals surface area contributed by atoms with Crippen LogP contribution in [0.4, 0.5) is 5.69 Å². The van der Waals surface area contributed by atoms with E-state index in [-0.39, 0.29) is 16.4 Å². The third-order valence-corrected chi connectivity index (χ3v) is 8.81. The second kappa shape index (κ2) is 8.90. The van der Waals surface area contributed by atoms with E-state index >= 15 is 0 Å². The summed E-state index contributed by atoms with van der Waals surface area (Å²) in [7, 11) is 0. The molecule has 35 heavy (non-hydrogen) atoms. The molecule has 7 heteroatoms. The van der Waals surface area contributed by atoms with Gasteiger partial charge in [0.05, 0.1) is 10.7 Å². The molecule has 4 fully saturated rings. The van der Waals surface area contributed by atoms with Crippen LogP contribution in [0.5, 0.6) is 0 Å². The summed E-state index contributed by atoms with van der Waals surface area (Å²) >= 11 is 11.9. The minimum atomic E-state index is 0.00223. The smallest absolute Gasteiger partial charge is 0.227 e. The van der Waals surface area contributed by atoms with E-state index in [0.29, 0.717) is 23.0 Å². The molecule has 2 N–H and O–H groups in total. The first-order chi connectivity index (χ1) is 16.9. The molecule has 0 aliphatic heterocycles. The van der Waals surface area contributed by atoms with Crippen LogP contribution < -0.4 is 10.6 Å². The number of hydrogen-bond acceptors (Lipinski definition) is 4. The van der Waals surface area contributed by atoms with Crippen molar-refractivity contribution in [2.75, 3.05) is 5.32 Å². The highest BCUT2D eigenvalue weighted by Gasteiger charge is 2.51. The fraction of sp³-hybridized carbons (Fsp3) is 0.464. The maximum absolute atomic E-state index is 13.0. The molecule has 1 heterocycles. The van der Waals surface area contributed by atoms with E-state index in [1.165, 1.54) is 44.1 Å². The topological polar surface area (TPSA) is 67.2 Å². The van der Waals surface area contributed by atoms with Gasteiger partial charge in [0.15, 0.2) is 10.7 Å². The van der Waals surface area contributed by atoms with Gasteiger partial charge in [-0.3, -0.25) is 4.79 Å². The molecule has 4 bridgehead atoms. The van der Waals surface area contributed by atoms with Gasteiger partial charge in [-0.25, -0.2) is 4.98 Å². The minimum absolute atomic E-state index is 0.00223. The van der Waals surface area contributed by atoms with E-state index < -0.39 is 0 Å². The number of carbonyl (C=O) groups is 1. The van der Waals surface area contributed by atoms with Gasteiger partial charge in [0.1, 0.15) is 5.52 Å². The monoisotopic (exact) mass is 507 g/mol. The molecule has 0 unspecified atom stereocenters. The number of aryl methyl sites for hydroxylation is 1. The van der Waals surface area contributed by atoms with Gasteiger partial charge in [0, 0.05) is 12.0 Å². The number of nitrogens with one attached hydrogen (secondary N) is 2. The zero-order valence-corrected chi connectivity index (χ0v) is 21.5. The van der Waals surface area contributed by atoms with Crippen LogP contribution in [0.1, 0.15) is 57.4 Å². The maximum atomic E-state index is 13.0. The van der Waals surface area contributed by atoms with Crippen molar-refractivity contribution in [2.45, 2.75) is 58.3 Å². The molecule has 4 aliphatic carbocycles. The summed E-state index contributed by atoms with van der Waals surface area (Å²) in [6, 6.07) is 11.6. The van der Waals surface area contributed by atoms with E-state index in [1.54, 1.807) is 6.07 Å². The number of anilines is 1. The first kappa shape index (κ1) is 23.0. The number of oxazole rings is 1. The normalized spacial score (nSPS) is 26.7. The van der Waals surface area contributed by atoms with Gasteiger partial charge in [-0.1, -0.05) is 24.6 Å². The molecule has 182 valence electrons. The van der Waals surface area contributed by atoms with Gasteiger partial charge in [-0.2, -0.15) is 0 Å². The average molecular weight is 508 g/mol. The fourth-order valence-electron chi connectivity index (χ4n) is 7.24. The van der Waals surface area contributed by atoms with Crippen molar-refractivity contribution >= 4 is 51.6 Å². The third-order valence-electron chi connectivity index (χ3n) is 8.28. The first-order valence-electron chi connectivity index (χ1n) is 12.7. The lowest BCUT2D eigenvalue weighted by Gasteiger charge is -2.56. The summed E-state index contributed by atoms with van der Waals surface area (Å²) < 4.78 is 5.97. The number of aromatic nitrogens is 1. The van der Waals surface area contributed by atoms with Gasteiger partial charge in [-0.15, -0.1) is 0 Å². The van der Waals surface area contributed by atoms with Crippen molar-refractivity contribution < 1.29 is 9.21 Å². The van der Waals surface area contributed by atoms with Crippen molar-refractivity contribution in [1.29, 1.82) is 0 Å². The van der Waals surface area contributed by atoms with Gasteiger partial charge < -0.3 is 15.1 Å². The van der Waals surface area contributed by atoms with Gasteiger partial charge in [0.2, 0.25) is 11.8 Å². The van der Waals surface area contributed by atoms with Crippen LogP contribution in [-0.2, 0) is 11.2 Å². The van der Waals surface area contributed by atoms with E-state index in [0.717, 1.165) is 40.8 Å². The Morgan fingerprint density at radius 2 is 1.83 bits per heavy atom. The maximum Gasteiger partial charge on any atom is 0.227 e. The van der Waals surface area contributed by atoms with Crippen molar-refractivity contribution in [1.82, 2.24) is 10.3 Å². The molecule has 4 aliphatic rings. The molecule has 2 aromatic carbocycles. The van der Waals surface area contributed by atoms with Crippen LogP contribution in [-0.4, -0.2) is 16.0 Å². The minimum Gasteiger partial charge on any atom is -0.436 e. The van der Waals surface area contributed by atoms with Crippen molar-refractivity contribution in [2.24, 2.45) is 23.2 Å². The molecule has 7 rings (SSSR count). The summed E-state index contributed by atoms with van der Waals surface area (Å²) in [6.45, 7) is 2.12. The summed E-state index contributed by atoms with van der Waals surface area (Å²) in [5.41, 5.74) is 4.36. The fourth-order valence-corrected chi connectivity index (χ4v) is 7.63. The van der Waals surface area contributed by atoms with Gasteiger partial charge >= 0.3 is 0 Å². The first-order valence-corrected chi connectivity index (χ1v) is 13.5. The lowest BCUT2D eigenvalue weighted by molar-refractivity contribution is -0.127. The number of rotatable bonds is 5. The molecule has 0 radical (unpaired) electrons. The number of benzene rings is 2. The number of halogens is 1. The number of amides is 1. The van der Waals surface area contributed by atoms with Crippen molar-refractivity contribution in [3.63, 3.8) is 0 Å². The second-order valence-corrected chi connectivity index (χ2v) is 11.8. The Morgan fingerprint density at radius 3 is 2.51 bits per heavy atom. The van der Waals surface area contributed by atoms with Crippen LogP contribution in [0.2, 0.25) is 5.02 Å². The molecule has 5 nitrogen and oxygen atoms in total. The Balaban J connectivity index is 1.13. The Kier molecular flexibility index (Phi) is 5.84. The van der Waals surface area contributed by atoms with Crippen molar-refractivity contribution in [3.8, 4) is 11.5 Å². The molecule has 1 aromatic heterocycles. The van der Waals surface area contributed by atoms with Crippen molar-refractivity contribution in [3.05, 3.63) is 47.0 Å². The third kappa shape index (κ3) is 4.58. The predicted octanol–water partition coefficient (Wildman–Crippen LogP) is 7.13. The molecule has 0 atom stereocenters. The molecule has 3 aromatic rings. The predicted molar refractivity (Wildman–Crippen MR) is 143 cm³/mol. The lowest BCUT2D eigenvalue weighted by Crippen LogP contribution is -2.48. The summed E-state index contributed by atoms with van der Waals surface area (Å²) in [5, 5.41) is 6.79. The molecule has 0 spiro atoms. The zero-order valence-electron chi connectivity index (χ0n) is 19.9. The molecular weight excluding hydrogens is 478 g/mol. The largest absolute Gasteiger partial charge is 0.436 e. The molecule has 4 saturated carbocycles. The second-order valence-electron chi connectivity index (χ2n) is 11.0. The van der Waals surface area contributed by atoms with E-state index in [4.69, 9.17) is 28.2 Å². The molecular formula is C28H30ClN3O2S. The van der Waals surface area contributed by atoms with Crippen LogP contribution >= 0.6 is 23.8 Å². The number of thiocarbonyl (C=S) groups is 1. The summed E-state index contributed by atoms with van der Waals surface area (Å²) in [4.78, 5) is 17.6. The van der Waals surface area contributed by atoms with Crippen LogP contribution in [0, 0.1) is 23.2 Å². The molecule has 1 amide bonds. The van der Waals surface area contributed by atoms with E-state index in [9.17, 15) is 4.79 Å². The Labute approximate surface area is 216 Å². The number of carbonyl (C=O) groups excluding carboxylic acids is 1. The summed E-state index contributed by atoms with van der Waals surface area (Å²) in [5.74, 6) is 2.98. The number of hydrogen-bond donors (Lipinski definition) is 2. The zero-order chi connectivity index (χ0) is 24.2. The highest BCUT2D eigenvalue weighted by atomic mass is 35.5. The van der Waals surface area contributed by atoms with Crippen LogP contribution in [0.3, 0.4) is 0 Å². The molecule has 0 saturated heterocycles. The number of fused-ring (bicyclic) bond motifs is 1. The van der Waals surface area contributed by atoms with E-state index in [1.807, 2.05) is 24.3 Å². The van der Waals surface area contributed by atoms with Crippen LogP contribution in [0.15, 0.2) is 40.8 Å². The Hall–Kier alpha value is -2.44. The van der Waals surface area contributed by atoms with Gasteiger partial charge in [-0.05, 0) is 116 Å². The number of nitrogens with zero attached hydrogens (tertiary/aromatic N) is 1. The standard InChI is InChI=1S/C28H30ClN3O2S/c1-2-16-3-6-24-23(10-16)30-26(34-24)20-4-5-21(29)22(11-20)31-27(35)32-25(33)15-28-12-17-7-18(13-28)9-19(8-17)14-28/h3-6,10-11,17-19H,2,7-9,12-15H2,1H3,(H2,31,32,33,35). The lowest BCUT2D eigenvalue weighted by atomic mass is 9.49. The van der Waals surface area contributed by atoms with Gasteiger partial charge in [0.25, 0.3) is 0 Å².